The van der Waals surface area contributed by atoms with E-state index in [1.165, 1.54) is 6.08 Å². The molecule has 1 aliphatic heterocycles. The van der Waals surface area contributed by atoms with Gasteiger partial charge in [0.1, 0.15) is 0 Å². The van der Waals surface area contributed by atoms with Crippen LogP contribution in [0.4, 0.5) is 0 Å². The summed E-state index contributed by atoms with van der Waals surface area (Å²) in [5.74, 6) is -0.0797. The van der Waals surface area contributed by atoms with E-state index in [2.05, 4.69) is 11.2 Å². The molecule has 0 radical (unpaired) electrons. The Bertz CT molecular complexity index is 1150. The van der Waals surface area contributed by atoms with Gasteiger partial charge in [0, 0.05) is 49.2 Å². The number of carbonyl (C=O) groups excluding carboxylic acids is 1. The van der Waals surface area contributed by atoms with Crippen molar-refractivity contribution in [2.24, 2.45) is 12.8 Å². The summed E-state index contributed by atoms with van der Waals surface area (Å²) in [4.78, 5) is 19.3. The van der Waals surface area contributed by atoms with Gasteiger partial charge in [-0.15, -0.1) is 0 Å². The molecule has 4 rings (SSSR count). The van der Waals surface area contributed by atoms with Gasteiger partial charge in [-0.05, 0) is 42.7 Å². The van der Waals surface area contributed by atoms with Crippen LogP contribution in [-0.2, 0) is 11.8 Å². The number of carbonyl (C=O) groups is 1. The number of nitrogens with two attached hydrogens (primary N) is 1. The monoisotopic (exact) mass is 414 g/mol. The lowest BCUT2D eigenvalue weighted by Crippen LogP contribution is -2.33. The third-order valence-corrected chi connectivity index (χ3v) is 5.54. The molecule has 2 aromatic heterocycles. The Morgan fingerprint density at radius 3 is 2.71 bits per heavy atom. The predicted octanol–water partition coefficient (Wildman–Crippen LogP) is 3.02. The van der Waals surface area contributed by atoms with Gasteiger partial charge >= 0.3 is 0 Å². The SMILES string of the molecule is Cc1cc(-c2cnn(C)c2)cc(C2CCN(C(=O)/C(N)=C/C(=N)c3ccccc3)C2)n1. The fourth-order valence-corrected chi connectivity index (χ4v) is 3.93. The molecule has 158 valence electrons. The van der Waals surface area contributed by atoms with E-state index in [4.69, 9.17) is 16.1 Å². The Morgan fingerprint density at radius 2 is 2.00 bits per heavy atom. The Balaban J connectivity index is 1.48. The van der Waals surface area contributed by atoms with Gasteiger partial charge in [-0.1, -0.05) is 30.3 Å². The van der Waals surface area contributed by atoms with E-state index in [0.717, 1.165) is 34.5 Å². The van der Waals surface area contributed by atoms with Crippen LogP contribution in [0.2, 0.25) is 0 Å². The number of rotatable bonds is 5. The summed E-state index contributed by atoms with van der Waals surface area (Å²) in [5.41, 5.74) is 11.1. The molecule has 3 heterocycles. The zero-order valence-corrected chi connectivity index (χ0v) is 17.7. The van der Waals surface area contributed by atoms with Gasteiger partial charge in [-0.2, -0.15) is 5.10 Å². The van der Waals surface area contributed by atoms with Crippen LogP contribution in [0.1, 0.15) is 29.3 Å². The molecule has 0 aliphatic carbocycles. The maximum absolute atomic E-state index is 12.9. The summed E-state index contributed by atoms with van der Waals surface area (Å²) in [6, 6.07) is 13.4. The first-order valence-electron chi connectivity index (χ1n) is 10.3. The van der Waals surface area contributed by atoms with Crippen LogP contribution < -0.4 is 5.73 Å². The molecule has 3 aromatic rings. The van der Waals surface area contributed by atoms with Crippen molar-refractivity contribution in [3.8, 4) is 11.1 Å². The van der Waals surface area contributed by atoms with Crippen molar-refractivity contribution in [2.75, 3.05) is 13.1 Å². The number of amides is 1. The highest BCUT2D eigenvalue weighted by Gasteiger charge is 2.29. The van der Waals surface area contributed by atoms with E-state index in [-0.39, 0.29) is 23.2 Å². The molecule has 1 amide bonds. The molecule has 1 aliphatic rings. The summed E-state index contributed by atoms with van der Waals surface area (Å²) >= 11 is 0. The van der Waals surface area contributed by atoms with E-state index in [0.29, 0.717) is 13.1 Å². The second-order valence-electron chi connectivity index (χ2n) is 7.94. The molecule has 31 heavy (non-hydrogen) atoms. The quantitative estimate of drug-likeness (QED) is 0.495. The third kappa shape index (κ3) is 4.55. The molecule has 0 saturated carbocycles. The summed E-state index contributed by atoms with van der Waals surface area (Å²) < 4.78 is 1.78. The number of nitrogens with zero attached hydrogens (tertiary/aromatic N) is 4. The smallest absolute Gasteiger partial charge is 0.269 e. The van der Waals surface area contributed by atoms with Crippen molar-refractivity contribution < 1.29 is 4.79 Å². The minimum absolute atomic E-state index is 0.0859. The van der Waals surface area contributed by atoms with Gasteiger partial charge in [0.2, 0.25) is 0 Å². The van der Waals surface area contributed by atoms with Crippen LogP contribution in [0.3, 0.4) is 0 Å². The molecule has 1 atom stereocenters. The van der Waals surface area contributed by atoms with Crippen molar-refractivity contribution in [3.63, 3.8) is 0 Å². The predicted molar refractivity (Wildman–Crippen MR) is 121 cm³/mol. The second kappa shape index (κ2) is 8.55. The van der Waals surface area contributed by atoms with Crippen molar-refractivity contribution >= 4 is 11.6 Å². The standard InChI is InChI=1S/C24H26N6O/c1-16-10-19(20-13-27-29(2)14-20)11-23(28-16)18-8-9-30(15-18)24(31)22(26)12-21(25)17-6-4-3-5-7-17/h3-7,10-14,18,25H,8-9,15,26H2,1-2H3/b22-12-,25-21?. The van der Waals surface area contributed by atoms with E-state index >= 15 is 0 Å². The zero-order chi connectivity index (χ0) is 22.0. The number of aryl methyl sites for hydroxylation is 2. The van der Waals surface area contributed by atoms with Gasteiger partial charge in [0.25, 0.3) is 5.91 Å². The van der Waals surface area contributed by atoms with Crippen molar-refractivity contribution in [3.05, 3.63) is 83.6 Å². The fourth-order valence-electron chi connectivity index (χ4n) is 3.93. The van der Waals surface area contributed by atoms with Crippen LogP contribution in [0, 0.1) is 12.3 Å². The number of benzene rings is 1. The van der Waals surface area contributed by atoms with Crippen LogP contribution in [0.25, 0.3) is 11.1 Å². The van der Waals surface area contributed by atoms with E-state index in [9.17, 15) is 4.79 Å². The van der Waals surface area contributed by atoms with Gasteiger partial charge in [-0.3, -0.25) is 14.5 Å². The molecule has 7 nitrogen and oxygen atoms in total. The van der Waals surface area contributed by atoms with Crippen molar-refractivity contribution in [1.82, 2.24) is 19.7 Å². The maximum atomic E-state index is 12.9. The Kier molecular flexibility index (Phi) is 5.66. The first-order valence-corrected chi connectivity index (χ1v) is 10.3. The Morgan fingerprint density at radius 1 is 1.23 bits per heavy atom. The average Bonchev–Trinajstić information content (AvgIpc) is 3.43. The highest BCUT2D eigenvalue weighted by molar-refractivity contribution is 6.10. The molecule has 0 bridgehead atoms. The number of hydrogen-bond donors (Lipinski definition) is 2. The number of nitrogens with one attached hydrogen (secondary N) is 1. The molecular weight excluding hydrogens is 388 g/mol. The maximum Gasteiger partial charge on any atom is 0.269 e. The Labute approximate surface area is 181 Å². The van der Waals surface area contributed by atoms with Crippen LogP contribution in [0.5, 0.6) is 0 Å². The number of aromatic nitrogens is 3. The number of pyridine rings is 1. The third-order valence-electron chi connectivity index (χ3n) is 5.54. The topological polar surface area (TPSA) is 101 Å². The van der Waals surface area contributed by atoms with E-state index in [1.54, 1.807) is 9.58 Å². The van der Waals surface area contributed by atoms with Crippen LogP contribution in [0.15, 0.2) is 66.6 Å². The average molecular weight is 415 g/mol. The van der Waals surface area contributed by atoms with Gasteiger partial charge in [-0.25, -0.2) is 0 Å². The largest absolute Gasteiger partial charge is 0.394 e. The molecule has 7 heteroatoms. The summed E-state index contributed by atoms with van der Waals surface area (Å²) in [6.45, 7) is 3.17. The highest BCUT2D eigenvalue weighted by atomic mass is 16.2. The molecule has 1 unspecified atom stereocenters. The fraction of sp³-hybridized carbons (Fsp3) is 0.250. The van der Waals surface area contributed by atoms with Gasteiger partial charge in [0.05, 0.1) is 17.6 Å². The van der Waals surface area contributed by atoms with E-state index in [1.807, 2.05) is 62.8 Å². The first-order chi connectivity index (χ1) is 14.9. The minimum atomic E-state index is -0.233. The van der Waals surface area contributed by atoms with Gasteiger partial charge < -0.3 is 16.0 Å². The molecular formula is C24H26N6O. The lowest BCUT2D eigenvalue weighted by atomic mass is 10.00. The lowest BCUT2D eigenvalue weighted by molar-refractivity contribution is -0.126. The molecule has 1 saturated heterocycles. The van der Waals surface area contributed by atoms with Gasteiger partial charge in [0.15, 0.2) is 0 Å². The number of hydrogen-bond acceptors (Lipinski definition) is 5. The van der Waals surface area contributed by atoms with E-state index < -0.39 is 0 Å². The number of allylic oxidation sites excluding steroid dienone is 1. The highest BCUT2D eigenvalue weighted by Crippen LogP contribution is 2.30. The minimum Gasteiger partial charge on any atom is -0.394 e. The van der Waals surface area contributed by atoms with Crippen LogP contribution in [-0.4, -0.2) is 44.4 Å². The molecule has 3 N–H and O–H groups in total. The molecule has 1 aromatic carbocycles. The first kappa shape index (κ1) is 20.5. The summed E-state index contributed by atoms with van der Waals surface area (Å²) in [6.07, 6.45) is 6.10. The lowest BCUT2D eigenvalue weighted by Gasteiger charge is -2.17. The Hall–Kier alpha value is -3.74. The van der Waals surface area contributed by atoms with Crippen molar-refractivity contribution in [2.45, 2.75) is 19.3 Å². The summed E-state index contributed by atoms with van der Waals surface area (Å²) in [7, 11) is 1.90. The van der Waals surface area contributed by atoms with Crippen LogP contribution >= 0.6 is 0 Å². The summed E-state index contributed by atoms with van der Waals surface area (Å²) in [5, 5.41) is 12.4. The second-order valence-corrected chi connectivity index (χ2v) is 7.94. The zero-order valence-electron chi connectivity index (χ0n) is 17.7. The normalized spacial score (nSPS) is 16.5. The molecule has 0 spiro atoms. The molecule has 1 fully saturated rings. The number of likely N-dealkylation sites (tertiary alicyclic amines) is 1. The van der Waals surface area contributed by atoms with Crippen molar-refractivity contribution in [1.29, 1.82) is 5.41 Å².